The van der Waals surface area contributed by atoms with Crippen molar-refractivity contribution < 1.29 is 22.7 Å². The fraction of sp³-hybridized carbons (Fsp3) is 0.360. The van der Waals surface area contributed by atoms with Crippen molar-refractivity contribution in [3.05, 3.63) is 70.3 Å². The van der Waals surface area contributed by atoms with Gasteiger partial charge in [-0.3, -0.25) is 4.79 Å². The average Bonchev–Trinajstić information content (AvgIpc) is 3.31. The zero-order chi connectivity index (χ0) is 25.4. The lowest BCUT2D eigenvalue weighted by molar-refractivity contribution is -0.173. The lowest BCUT2D eigenvalue weighted by Gasteiger charge is -2.37. The number of hydrogen-bond acceptors (Lipinski definition) is 5. The second-order valence-electron chi connectivity index (χ2n) is 8.84. The van der Waals surface area contributed by atoms with Crippen LogP contribution in [0.5, 0.6) is 5.75 Å². The van der Waals surface area contributed by atoms with E-state index < -0.39 is 18.3 Å². The smallest absolute Gasteiger partial charge is 0.410 e. The number of fused-ring (bicyclic) bond motifs is 1. The molecule has 0 aliphatic carbocycles. The quantitative estimate of drug-likeness (QED) is 0.468. The van der Waals surface area contributed by atoms with Gasteiger partial charge in [-0.25, -0.2) is 4.68 Å². The van der Waals surface area contributed by atoms with E-state index in [9.17, 15) is 18.0 Å². The van der Waals surface area contributed by atoms with Gasteiger partial charge in [-0.05, 0) is 29.8 Å². The predicted octanol–water partition coefficient (Wildman–Crippen LogP) is 5.28. The molecule has 3 aromatic rings. The molecule has 2 aromatic carbocycles. The third-order valence-electron chi connectivity index (χ3n) is 6.73. The summed E-state index contributed by atoms with van der Waals surface area (Å²) in [5.41, 5.74) is 1.81. The number of rotatable bonds is 4. The molecule has 190 valence electrons. The lowest BCUT2D eigenvalue weighted by atomic mass is 9.96. The molecule has 2 aliphatic rings. The van der Waals surface area contributed by atoms with Crippen molar-refractivity contribution in [3.8, 4) is 5.75 Å². The van der Waals surface area contributed by atoms with Crippen LogP contribution in [0.3, 0.4) is 0 Å². The Bertz CT molecular complexity index is 1240. The maximum atomic E-state index is 14.0. The number of anilines is 2. The highest BCUT2D eigenvalue weighted by atomic mass is 79.9. The van der Waals surface area contributed by atoms with Crippen LogP contribution >= 0.6 is 15.9 Å². The van der Waals surface area contributed by atoms with E-state index in [2.05, 4.69) is 31.2 Å². The number of carbonyl (C=O) groups is 1. The summed E-state index contributed by atoms with van der Waals surface area (Å²) in [5, 5.41) is 7.16. The Morgan fingerprint density at radius 3 is 2.44 bits per heavy atom. The number of nitrogens with zero attached hydrogens (tertiary/aromatic N) is 4. The first-order valence-electron chi connectivity index (χ1n) is 11.6. The molecule has 1 aromatic heterocycles. The highest BCUT2D eigenvalue weighted by Crippen LogP contribution is 2.44. The molecule has 0 bridgehead atoms. The topological polar surface area (TPSA) is 62.6 Å². The summed E-state index contributed by atoms with van der Waals surface area (Å²) >= 11 is 3.36. The van der Waals surface area contributed by atoms with Crippen LogP contribution in [0.2, 0.25) is 0 Å². The van der Waals surface area contributed by atoms with Crippen LogP contribution in [0.4, 0.5) is 24.7 Å². The molecule has 2 aliphatic heterocycles. The third kappa shape index (κ3) is 4.63. The van der Waals surface area contributed by atoms with Gasteiger partial charge in [0, 0.05) is 37.1 Å². The molecule has 11 heteroatoms. The van der Waals surface area contributed by atoms with Crippen LogP contribution in [0.1, 0.15) is 34.4 Å². The molecule has 5 rings (SSSR count). The zero-order valence-electron chi connectivity index (χ0n) is 19.5. The van der Waals surface area contributed by atoms with E-state index >= 15 is 0 Å². The van der Waals surface area contributed by atoms with E-state index in [0.717, 1.165) is 20.6 Å². The molecule has 0 unspecified atom stereocenters. The molecule has 1 saturated heterocycles. The van der Waals surface area contributed by atoms with Gasteiger partial charge in [0.1, 0.15) is 17.1 Å². The van der Waals surface area contributed by atoms with Gasteiger partial charge < -0.3 is 19.9 Å². The van der Waals surface area contributed by atoms with Crippen LogP contribution in [-0.4, -0.2) is 60.1 Å². The number of methoxy groups -OCH3 is 1. The van der Waals surface area contributed by atoms with Gasteiger partial charge in [0.05, 0.1) is 25.0 Å². The fourth-order valence-corrected chi connectivity index (χ4v) is 5.11. The minimum absolute atomic E-state index is 0.105. The van der Waals surface area contributed by atoms with E-state index in [0.29, 0.717) is 31.7 Å². The van der Waals surface area contributed by atoms with Gasteiger partial charge in [0.25, 0.3) is 5.91 Å². The summed E-state index contributed by atoms with van der Waals surface area (Å²) in [6, 6.07) is 12.4. The van der Waals surface area contributed by atoms with Crippen molar-refractivity contribution in [1.82, 2.24) is 14.7 Å². The Kier molecular flexibility index (Phi) is 6.59. The second kappa shape index (κ2) is 9.68. The Labute approximate surface area is 214 Å². The van der Waals surface area contributed by atoms with Crippen LogP contribution < -0.4 is 15.0 Å². The minimum Gasteiger partial charge on any atom is -0.495 e. The Hall–Kier alpha value is -3.21. The summed E-state index contributed by atoms with van der Waals surface area (Å²) in [5.74, 6) is 0.527. The maximum Gasteiger partial charge on any atom is 0.410 e. The molecule has 1 fully saturated rings. The van der Waals surface area contributed by atoms with Crippen molar-refractivity contribution in [2.75, 3.05) is 43.5 Å². The van der Waals surface area contributed by atoms with E-state index in [4.69, 9.17) is 4.74 Å². The van der Waals surface area contributed by atoms with Gasteiger partial charge in [-0.2, -0.15) is 18.3 Å². The summed E-state index contributed by atoms with van der Waals surface area (Å²) in [6.07, 6.45) is -3.47. The van der Waals surface area contributed by atoms with Crippen LogP contribution in [0, 0.1) is 0 Å². The number of hydrogen-bond donors (Lipinski definition) is 1. The molecule has 0 saturated carbocycles. The first kappa shape index (κ1) is 24.5. The van der Waals surface area contributed by atoms with E-state index in [1.54, 1.807) is 36.3 Å². The van der Waals surface area contributed by atoms with Gasteiger partial charge in [0.15, 0.2) is 6.04 Å². The van der Waals surface area contributed by atoms with Crippen molar-refractivity contribution >= 4 is 33.3 Å². The molecule has 7 nitrogen and oxygen atoms in total. The van der Waals surface area contributed by atoms with Gasteiger partial charge >= 0.3 is 6.18 Å². The summed E-state index contributed by atoms with van der Waals surface area (Å²) in [7, 11) is 1.62. The fourth-order valence-electron chi connectivity index (χ4n) is 4.84. The summed E-state index contributed by atoms with van der Waals surface area (Å²) in [4.78, 5) is 17.2. The van der Waals surface area contributed by atoms with Crippen LogP contribution in [0.15, 0.2) is 59.2 Å². The Balaban J connectivity index is 1.37. The first-order chi connectivity index (χ1) is 17.3. The molecule has 1 amide bonds. The Morgan fingerprint density at radius 1 is 1.08 bits per heavy atom. The average molecular weight is 564 g/mol. The molecular formula is C25H25BrF3N5O2. The zero-order valence-corrected chi connectivity index (χ0v) is 21.1. The number of aromatic nitrogens is 2. The second-order valence-corrected chi connectivity index (χ2v) is 9.76. The number of nitrogens with one attached hydrogen (secondary N) is 1. The molecule has 2 atom stereocenters. The number of amides is 1. The maximum absolute atomic E-state index is 14.0. The van der Waals surface area contributed by atoms with Gasteiger partial charge in [0.2, 0.25) is 0 Å². The summed E-state index contributed by atoms with van der Waals surface area (Å²) < 4.78 is 49.2. The number of alkyl halides is 3. The molecule has 3 heterocycles. The number of benzene rings is 2. The molecule has 1 N–H and O–H groups in total. The van der Waals surface area contributed by atoms with Crippen molar-refractivity contribution in [3.63, 3.8) is 0 Å². The summed E-state index contributed by atoms with van der Waals surface area (Å²) in [6.45, 7) is 2.02. The number of ether oxygens (including phenoxy) is 1. The highest BCUT2D eigenvalue weighted by molar-refractivity contribution is 9.10. The van der Waals surface area contributed by atoms with Crippen molar-refractivity contribution in [2.45, 2.75) is 24.7 Å². The predicted molar refractivity (Wildman–Crippen MR) is 134 cm³/mol. The molecule has 0 spiro atoms. The lowest BCUT2D eigenvalue weighted by Crippen LogP contribution is -2.49. The van der Waals surface area contributed by atoms with Gasteiger partial charge in [-0.15, -0.1) is 0 Å². The van der Waals surface area contributed by atoms with E-state index in [1.165, 1.54) is 6.20 Å². The van der Waals surface area contributed by atoms with Crippen LogP contribution in [0.25, 0.3) is 0 Å². The van der Waals surface area contributed by atoms with E-state index in [-0.39, 0.29) is 23.7 Å². The molecular weight excluding hydrogens is 539 g/mol. The standard InChI is InChI=1S/C25H25BrF3N5O2/c1-36-21-5-3-2-4-20(21)32-10-12-33(13-11-32)24(35)18-15-30-34-22(25(27,28)29)14-19(31-23(18)34)16-6-8-17(26)9-7-16/h2-9,15,19,22,31H,10-14H2,1H3/t19-,22+/m0/s1. The normalized spacial score (nSPS) is 20.0. The number of piperazine rings is 1. The number of para-hydroxylation sites is 2. The number of halogens is 4. The third-order valence-corrected chi connectivity index (χ3v) is 7.26. The first-order valence-corrected chi connectivity index (χ1v) is 12.4. The van der Waals surface area contributed by atoms with Crippen molar-refractivity contribution in [2.24, 2.45) is 0 Å². The highest BCUT2D eigenvalue weighted by Gasteiger charge is 2.47. The monoisotopic (exact) mass is 563 g/mol. The largest absolute Gasteiger partial charge is 0.495 e. The molecule has 36 heavy (non-hydrogen) atoms. The molecule has 0 radical (unpaired) electrons. The Morgan fingerprint density at radius 2 is 1.78 bits per heavy atom. The van der Waals surface area contributed by atoms with E-state index in [1.807, 2.05) is 24.3 Å². The SMILES string of the molecule is COc1ccccc1N1CCN(C(=O)c2cnn3c2N[C@H](c2ccc(Br)cc2)C[C@@H]3C(F)(F)F)CC1. The minimum atomic E-state index is -4.50. The van der Waals surface area contributed by atoms with Crippen LogP contribution in [-0.2, 0) is 0 Å². The van der Waals surface area contributed by atoms with Gasteiger partial charge in [-0.1, -0.05) is 40.2 Å². The number of carbonyl (C=O) groups excluding carboxylic acids is 1. The van der Waals surface area contributed by atoms with Crippen molar-refractivity contribution in [1.29, 1.82) is 0 Å².